The van der Waals surface area contributed by atoms with Crippen LogP contribution in [0, 0.1) is 0 Å². The SMILES string of the molecule is CCCC(Br)CCCc1ccncc1Cl. The number of aromatic nitrogens is 1. The Balaban J connectivity index is 2.29. The molecule has 15 heavy (non-hydrogen) atoms. The van der Waals surface area contributed by atoms with Crippen molar-refractivity contribution in [3.63, 3.8) is 0 Å². The number of rotatable bonds is 6. The summed E-state index contributed by atoms with van der Waals surface area (Å²) >= 11 is 9.71. The predicted octanol–water partition coefficient (Wildman–Crippen LogP) is 4.62. The zero-order chi connectivity index (χ0) is 11.1. The maximum Gasteiger partial charge on any atom is 0.0621 e. The van der Waals surface area contributed by atoms with Crippen LogP contribution in [0.4, 0.5) is 0 Å². The molecule has 0 aliphatic carbocycles. The summed E-state index contributed by atoms with van der Waals surface area (Å²) in [6.45, 7) is 2.22. The van der Waals surface area contributed by atoms with Crippen molar-refractivity contribution in [3.05, 3.63) is 29.0 Å². The number of halogens is 2. The van der Waals surface area contributed by atoms with Crippen LogP contribution in [0.3, 0.4) is 0 Å². The van der Waals surface area contributed by atoms with E-state index in [4.69, 9.17) is 11.6 Å². The second kappa shape index (κ2) is 7.24. The highest BCUT2D eigenvalue weighted by atomic mass is 79.9. The van der Waals surface area contributed by atoms with Crippen molar-refractivity contribution in [1.29, 1.82) is 0 Å². The summed E-state index contributed by atoms with van der Waals surface area (Å²) in [6, 6.07) is 2.01. The van der Waals surface area contributed by atoms with Gasteiger partial charge in [0.05, 0.1) is 5.02 Å². The van der Waals surface area contributed by atoms with Gasteiger partial charge in [-0.15, -0.1) is 0 Å². The predicted molar refractivity (Wildman–Crippen MR) is 69.8 cm³/mol. The van der Waals surface area contributed by atoms with Crippen LogP contribution in [-0.2, 0) is 6.42 Å². The molecule has 84 valence electrons. The Hall–Kier alpha value is -0.0800. The Morgan fingerprint density at radius 3 is 2.93 bits per heavy atom. The molecule has 1 aromatic heterocycles. The van der Waals surface area contributed by atoms with Crippen molar-refractivity contribution in [2.45, 2.75) is 43.9 Å². The van der Waals surface area contributed by atoms with Crippen molar-refractivity contribution in [3.8, 4) is 0 Å². The average Bonchev–Trinajstić information content (AvgIpc) is 2.21. The van der Waals surface area contributed by atoms with E-state index in [0.29, 0.717) is 4.83 Å². The van der Waals surface area contributed by atoms with Gasteiger partial charge in [-0.3, -0.25) is 4.98 Å². The highest BCUT2D eigenvalue weighted by Gasteiger charge is 2.04. The first-order chi connectivity index (χ1) is 7.24. The van der Waals surface area contributed by atoms with E-state index in [1.165, 1.54) is 31.2 Å². The quantitative estimate of drug-likeness (QED) is 0.697. The van der Waals surface area contributed by atoms with Crippen molar-refractivity contribution >= 4 is 27.5 Å². The Morgan fingerprint density at radius 1 is 1.47 bits per heavy atom. The lowest BCUT2D eigenvalue weighted by Crippen LogP contribution is -1.98. The maximum absolute atomic E-state index is 6.03. The van der Waals surface area contributed by atoms with E-state index in [1.807, 2.05) is 6.07 Å². The Morgan fingerprint density at radius 2 is 2.27 bits per heavy atom. The molecular weight excluding hydrogens is 273 g/mol. The van der Waals surface area contributed by atoms with E-state index in [2.05, 4.69) is 27.8 Å². The maximum atomic E-state index is 6.03. The fraction of sp³-hybridized carbons (Fsp3) is 0.583. The van der Waals surface area contributed by atoms with E-state index in [0.717, 1.165) is 11.4 Å². The van der Waals surface area contributed by atoms with Crippen LogP contribution in [0.1, 0.15) is 38.2 Å². The normalized spacial score (nSPS) is 12.7. The summed E-state index contributed by atoms with van der Waals surface area (Å²) < 4.78 is 0. The summed E-state index contributed by atoms with van der Waals surface area (Å²) in [4.78, 5) is 4.63. The molecule has 0 amide bonds. The summed E-state index contributed by atoms with van der Waals surface area (Å²) in [6.07, 6.45) is 9.46. The molecule has 0 aliphatic rings. The lowest BCUT2D eigenvalue weighted by atomic mass is 10.1. The van der Waals surface area contributed by atoms with Gasteiger partial charge < -0.3 is 0 Å². The van der Waals surface area contributed by atoms with Crippen LogP contribution in [0.2, 0.25) is 5.02 Å². The third-order valence-corrected chi connectivity index (χ3v) is 3.68. The minimum absolute atomic E-state index is 0.656. The van der Waals surface area contributed by atoms with Gasteiger partial charge in [0.1, 0.15) is 0 Å². The number of aryl methyl sites for hydroxylation is 1. The highest BCUT2D eigenvalue weighted by Crippen LogP contribution is 2.19. The van der Waals surface area contributed by atoms with Crippen LogP contribution in [0.15, 0.2) is 18.5 Å². The van der Waals surface area contributed by atoms with Gasteiger partial charge in [-0.25, -0.2) is 0 Å². The lowest BCUT2D eigenvalue weighted by molar-refractivity contribution is 0.655. The van der Waals surface area contributed by atoms with Gasteiger partial charge in [0.2, 0.25) is 0 Å². The monoisotopic (exact) mass is 289 g/mol. The van der Waals surface area contributed by atoms with Crippen molar-refractivity contribution in [1.82, 2.24) is 4.98 Å². The number of hydrogen-bond donors (Lipinski definition) is 0. The van der Waals surface area contributed by atoms with Crippen molar-refractivity contribution in [2.75, 3.05) is 0 Å². The molecule has 1 rings (SSSR count). The van der Waals surface area contributed by atoms with Crippen LogP contribution in [-0.4, -0.2) is 9.81 Å². The smallest absolute Gasteiger partial charge is 0.0621 e. The summed E-state index contributed by atoms with van der Waals surface area (Å²) in [5, 5.41) is 0.791. The van der Waals surface area contributed by atoms with E-state index in [9.17, 15) is 0 Å². The number of nitrogens with zero attached hydrogens (tertiary/aromatic N) is 1. The second-order valence-electron chi connectivity index (χ2n) is 3.75. The molecule has 1 nitrogen and oxygen atoms in total. The Kier molecular flexibility index (Phi) is 6.26. The van der Waals surface area contributed by atoms with E-state index < -0.39 is 0 Å². The summed E-state index contributed by atoms with van der Waals surface area (Å²) in [5.41, 5.74) is 1.21. The molecule has 1 heterocycles. The van der Waals surface area contributed by atoms with Gasteiger partial charge in [-0.05, 0) is 37.3 Å². The van der Waals surface area contributed by atoms with Crippen LogP contribution < -0.4 is 0 Å². The van der Waals surface area contributed by atoms with Gasteiger partial charge in [0.15, 0.2) is 0 Å². The first kappa shape index (κ1) is 13.0. The van der Waals surface area contributed by atoms with Crippen LogP contribution >= 0.6 is 27.5 Å². The lowest BCUT2D eigenvalue weighted by Gasteiger charge is -2.08. The third-order valence-electron chi connectivity index (χ3n) is 2.42. The number of hydrogen-bond acceptors (Lipinski definition) is 1. The molecule has 3 heteroatoms. The molecular formula is C12H17BrClN. The fourth-order valence-corrected chi connectivity index (χ4v) is 2.57. The zero-order valence-corrected chi connectivity index (χ0v) is 11.4. The highest BCUT2D eigenvalue weighted by molar-refractivity contribution is 9.09. The van der Waals surface area contributed by atoms with Gasteiger partial charge in [-0.2, -0.15) is 0 Å². The van der Waals surface area contributed by atoms with Gasteiger partial charge >= 0.3 is 0 Å². The van der Waals surface area contributed by atoms with Crippen molar-refractivity contribution in [2.24, 2.45) is 0 Å². The van der Waals surface area contributed by atoms with Gasteiger partial charge in [0, 0.05) is 17.2 Å². The molecule has 0 aliphatic heterocycles. The van der Waals surface area contributed by atoms with E-state index in [-0.39, 0.29) is 0 Å². The molecule has 0 bridgehead atoms. The van der Waals surface area contributed by atoms with Crippen LogP contribution in [0.25, 0.3) is 0 Å². The first-order valence-electron chi connectivity index (χ1n) is 5.46. The molecule has 1 atom stereocenters. The minimum atomic E-state index is 0.656. The van der Waals surface area contributed by atoms with Gasteiger partial charge in [-0.1, -0.05) is 40.9 Å². The molecule has 0 saturated heterocycles. The average molecular weight is 291 g/mol. The first-order valence-corrected chi connectivity index (χ1v) is 6.76. The summed E-state index contributed by atoms with van der Waals surface area (Å²) in [7, 11) is 0. The summed E-state index contributed by atoms with van der Waals surface area (Å²) in [5.74, 6) is 0. The fourth-order valence-electron chi connectivity index (χ4n) is 1.58. The van der Waals surface area contributed by atoms with E-state index in [1.54, 1.807) is 12.4 Å². The topological polar surface area (TPSA) is 12.9 Å². The molecule has 0 fully saturated rings. The largest absolute Gasteiger partial charge is 0.263 e. The number of alkyl halides is 1. The standard InChI is InChI=1S/C12H17BrClN/c1-2-4-11(13)6-3-5-10-7-8-15-9-12(10)14/h7-9,11H,2-6H2,1H3. The molecule has 1 aromatic rings. The van der Waals surface area contributed by atoms with Gasteiger partial charge in [0.25, 0.3) is 0 Å². The molecule has 0 radical (unpaired) electrons. The molecule has 0 aromatic carbocycles. The zero-order valence-electron chi connectivity index (χ0n) is 9.05. The van der Waals surface area contributed by atoms with Crippen molar-refractivity contribution < 1.29 is 0 Å². The second-order valence-corrected chi connectivity index (χ2v) is 5.45. The molecule has 1 unspecified atom stereocenters. The third kappa shape index (κ3) is 4.98. The van der Waals surface area contributed by atoms with Crippen LogP contribution in [0.5, 0.6) is 0 Å². The molecule has 0 saturated carbocycles. The molecule has 0 spiro atoms. The van der Waals surface area contributed by atoms with E-state index >= 15 is 0 Å². The Labute approximate surface area is 105 Å². The molecule has 0 N–H and O–H groups in total. The minimum Gasteiger partial charge on any atom is -0.263 e. The Bertz CT molecular complexity index is 291. The number of pyridine rings is 1.